The Bertz CT molecular complexity index is 845. The average molecular weight is 349 g/mol. The average Bonchev–Trinajstić information content (AvgIpc) is 2.81. The summed E-state index contributed by atoms with van der Waals surface area (Å²) in [5, 5.41) is 3.17. The molecule has 0 bridgehead atoms. The fourth-order valence-corrected chi connectivity index (χ4v) is 4.10. The number of esters is 1. The Balaban J connectivity index is 1.56. The highest BCUT2D eigenvalue weighted by Crippen LogP contribution is 2.33. The zero-order valence-corrected chi connectivity index (χ0v) is 14.9. The standard InChI is InChI=1S/C22H23NO3/c1-14-7-6-10-15-8-2-4-11-17(15)20(14)23-21(24)19-13-16-9-3-5-12-18(16)22(25)26-19/h2-5,8-9,11-12,14,19-20H,6-7,10,13H2,1H3,(H,23,24). The molecule has 1 N–H and O–H groups in total. The van der Waals surface area contributed by atoms with Gasteiger partial charge in [0.05, 0.1) is 11.6 Å². The van der Waals surface area contributed by atoms with Gasteiger partial charge in [-0.2, -0.15) is 0 Å². The van der Waals surface area contributed by atoms with Crippen molar-refractivity contribution in [3.8, 4) is 0 Å². The molecule has 1 amide bonds. The Hall–Kier alpha value is -2.62. The number of hydrogen-bond donors (Lipinski definition) is 1. The van der Waals surface area contributed by atoms with Crippen LogP contribution in [-0.2, 0) is 22.4 Å². The molecule has 0 aromatic heterocycles. The van der Waals surface area contributed by atoms with Crippen LogP contribution < -0.4 is 5.32 Å². The topological polar surface area (TPSA) is 55.4 Å². The van der Waals surface area contributed by atoms with Gasteiger partial charge in [-0.05, 0) is 47.9 Å². The van der Waals surface area contributed by atoms with E-state index in [4.69, 9.17) is 4.74 Å². The van der Waals surface area contributed by atoms with Crippen molar-refractivity contribution in [3.05, 3.63) is 70.8 Å². The summed E-state index contributed by atoms with van der Waals surface area (Å²) in [6.07, 6.45) is 2.89. The highest BCUT2D eigenvalue weighted by molar-refractivity contribution is 5.95. The quantitative estimate of drug-likeness (QED) is 0.666. The number of amides is 1. The number of cyclic esters (lactones) is 1. The predicted molar refractivity (Wildman–Crippen MR) is 98.8 cm³/mol. The minimum Gasteiger partial charge on any atom is -0.448 e. The van der Waals surface area contributed by atoms with Crippen molar-refractivity contribution >= 4 is 11.9 Å². The lowest BCUT2D eigenvalue weighted by Crippen LogP contribution is -2.44. The molecular weight excluding hydrogens is 326 g/mol. The highest BCUT2D eigenvalue weighted by atomic mass is 16.5. The zero-order valence-electron chi connectivity index (χ0n) is 14.9. The second-order valence-corrected chi connectivity index (χ2v) is 7.31. The molecule has 3 unspecified atom stereocenters. The molecule has 2 aromatic rings. The van der Waals surface area contributed by atoms with Crippen LogP contribution in [0.25, 0.3) is 0 Å². The van der Waals surface area contributed by atoms with Gasteiger partial charge in [0.1, 0.15) is 0 Å². The van der Waals surface area contributed by atoms with E-state index >= 15 is 0 Å². The van der Waals surface area contributed by atoms with E-state index in [9.17, 15) is 9.59 Å². The molecule has 0 spiro atoms. The van der Waals surface area contributed by atoms with E-state index in [-0.39, 0.29) is 11.9 Å². The van der Waals surface area contributed by atoms with Crippen LogP contribution in [0.15, 0.2) is 48.5 Å². The number of rotatable bonds is 2. The summed E-state index contributed by atoms with van der Waals surface area (Å²) >= 11 is 0. The molecule has 4 rings (SSSR count). The van der Waals surface area contributed by atoms with Crippen molar-refractivity contribution in [1.82, 2.24) is 5.32 Å². The maximum absolute atomic E-state index is 12.9. The van der Waals surface area contributed by atoms with Gasteiger partial charge in [-0.1, -0.05) is 49.4 Å². The number of fused-ring (bicyclic) bond motifs is 2. The maximum atomic E-state index is 12.9. The van der Waals surface area contributed by atoms with Gasteiger partial charge in [0.25, 0.3) is 5.91 Å². The van der Waals surface area contributed by atoms with E-state index in [1.165, 1.54) is 11.1 Å². The normalized spacial score (nSPS) is 24.7. The fraction of sp³-hybridized carbons (Fsp3) is 0.364. The second-order valence-electron chi connectivity index (χ2n) is 7.31. The fourth-order valence-electron chi connectivity index (χ4n) is 4.10. The summed E-state index contributed by atoms with van der Waals surface area (Å²) in [5.41, 5.74) is 3.92. The lowest BCUT2D eigenvalue weighted by Gasteiger charge is -2.29. The van der Waals surface area contributed by atoms with Crippen LogP contribution in [0.2, 0.25) is 0 Å². The first-order chi connectivity index (χ1) is 12.6. The minimum atomic E-state index is -0.764. The monoisotopic (exact) mass is 349 g/mol. The minimum absolute atomic E-state index is 0.0444. The van der Waals surface area contributed by atoms with Crippen LogP contribution in [0.5, 0.6) is 0 Å². The van der Waals surface area contributed by atoms with Gasteiger partial charge in [-0.15, -0.1) is 0 Å². The molecule has 0 radical (unpaired) electrons. The van der Waals surface area contributed by atoms with Crippen molar-refractivity contribution in [1.29, 1.82) is 0 Å². The third-order valence-corrected chi connectivity index (χ3v) is 5.55. The molecule has 4 nitrogen and oxygen atoms in total. The van der Waals surface area contributed by atoms with E-state index in [1.807, 2.05) is 30.3 Å². The van der Waals surface area contributed by atoms with Crippen molar-refractivity contribution < 1.29 is 14.3 Å². The van der Waals surface area contributed by atoms with Gasteiger partial charge < -0.3 is 10.1 Å². The molecular formula is C22H23NO3. The molecule has 1 heterocycles. The van der Waals surface area contributed by atoms with Gasteiger partial charge >= 0.3 is 5.97 Å². The molecule has 4 heteroatoms. The lowest BCUT2D eigenvalue weighted by molar-refractivity contribution is -0.131. The molecule has 1 aliphatic carbocycles. The van der Waals surface area contributed by atoms with Gasteiger partial charge in [-0.3, -0.25) is 4.79 Å². The van der Waals surface area contributed by atoms with Gasteiger partial charge in [0, 0.05) is 6.42 Å². The number of benzene rings is 2. The summed E-state index contributed by atoms with van der Waals surface area (Å²) in [5.74, 6) is -0.281. The highest BCUT2D eigenvalue weighted by Gasteiger charge is 2.34. The third kappa shape index (κ3) is 3.12. The van der Waals surface area contributed by atoms with Crippen molar-refractivity contribution in [2.75, 3.05) is 0 Å². The zero-order chi connectivity index (χ0) is 18.1. The molecule has 0 saturated carbocycles. The van der Waals surface area contributed by atoms with Gasteiger partial charge in [-0.25, -0.2) is 4.79 Å². The first-order valence-corrected chi connectivity index (χ1v) is 9.30. The van der Waals surface area contributed by atoms with Crippen molar-refractivity contribution in [3.63, 3.8) is 0 Å². The molecule has 1 aliphatic heterocycles. The van der Waals surface area contributed by atoms with Crippen LogP contribution in [0, 0.1) is 5.92 Å². The smallest absolute Gasteiger partial charge is 0.339 e. The van der Waals surface area contributed by atoms with Crippen molar-refractivity contribution in [2.45, 2.75) is 44.8 Å². The van der Waals surface area contributed by atoms with E-state index in [2.05, 4.69) is 24.4 Å². The van der Waals surface area contributed by atoms with Crippen LogP contribution >= 0.6 is 0 Å². The second kappa shape index (κ2) is 6.94. The molecule has 0 saturated heterocycles. The van der Waals surface area contributed by atoms with Gasteiger partial charge in [0.15, 0.2) is 6.10 Å². The number of aryl methyl sites for hydroxylation is 1. The molecule has 134 valence electrons. The van der Waals surface area contributed by atoms with E-state index in [0.717, 1.165) is 24.8 Å². The lowest BCUT2D eigenvalue weighted by atomic mass is 9.91. The van der Waals surface area contributed by atoms with E-state index < -0.39 is 12.1 Å². The summed E-state index contributed by atoms with van der Waals surface area (Å²) in [6.45, 7) is 2.18. The van der Waals surface area contributed by atoms with Crippen LogP contribution in [0.4, 0.5) is 0 Å². The van der Waals surface area contributed by atoms with Crippen LogP contribution in [0.3, 0.4) is 0 Å². The molecule has 2 aromatic carbocycles. The predicted octanol–water partition coefficient (Wildman–Crippen LogP) is 3.60. The Morgan fingerprint density at radius 1 is 1.08 bits per heavy atom. The Kier molecular flexibility index (Phi) is 4.49. The number of nitrogens with one attached hydrogen (secondary N) is 1. The summed E-state index contributed by atoms with van der Waals surface area (Å²) < 4.78 is 5.42. The number of ether oxygens (including phenoxy) is 1. The van der Waals surface area contributed by atoms with Crippen LogP contribution in [0.1, 0.15) is 52.9 Å². The summed E-state index contributed by atoms with van der Waals surface area (Å²) in [7, 11) is 0. The van der Waals surface area contributed by atoms with E-state index in [1.54, 1.807) is 6.07 Å². The van der Waals surface area contributed by atoms with Crippen molar-refractivity contribution in [2.24, 2.45) is 5.92 Å². The van der Waals surface area contributed by atoms with Gasteiger partial charge in [0.2, 0.25) is 0 Å². The SMILES string of the molecule is CC1CCCc2ccccc2C1NC(=O)C1Cc2ccccc2C(=O)O1. The maximum Gasteiger partial charge on any atom is 0.339 e. The first kappa shape index (κ1) is 16.8. The molecule has 0 fully saturated rings. The van der Waals surface area contributed by atoms with E-state index in [0.29, 0.717) is 17.9 Å². The number of hydrogen-bond acceptors (Lipinski definition) is 3. The third-order valence-electron chi connectivity index (χ3n) is 5.55. The summed E-state index contributed by atoms with van der Waals surface area (Å²) in [4.78, 5) is 25.1. The largest absolute Gasteiger partial charge is 0.448 e. The number of carbonyl (C=O) groups excluding carboxylic acids is 2. The Morgan fingerprint density at radius 2 is 1.81 bits per heavy atom. The first-order valence-electron chi connectivity index (χ1n) is 9.30. The van der Waals surface area contributed by atoms with Crippen LogP contribution in [-0.4, -0.2) is 18.0 Å². The Morgan fingerprint density at radius 3 is 2.65 bits per heavy atom. The molecule has 26 heavy (non-hydrogen) atoms. The number of carbonyl (C=O) groups is 2. The Labute approximate surface area is 153 Å². The molecule has 3 atom stereocenters. The summed E-state index contributed by atoms with van der Waals surface area (Å²) in [6, 6.07) is 15.6. The molecule has 2 aliphatic rings.